The Morgan fingerprint density at radius 1 is 1.40 bits per heavy atom. The lowest BCUT2D eigenvalue weighted by molar-refractivity contribution is 0.996. The van der Waals surface area contributed by atoms with Crippen molar-refractivity contribution in [3.8, 4) is 0 Å². The first-order valence-electron chi connectivity index (χ1n) is 4.82. The summed E-state index contributed by atoms with van der Waals surface area (Å²) >= 11 is 0. The van der Waals surface area contributed by atoms with Gasteiger partial charge in [-0.3, -0.25) is 0 Å². The number of nitrogens with one attached hydrogen (secondary N) is 1. The maximum atomic E-state index is 8.07. The summed E-state index contributed by atoms with van der Waals surface area (Å²) in [6, 6.07) is 8.12. The molecule has 0 unspecified atom stereocenters. The molecule has 0 fully saturated rings. The molecule has 4 heteroatoms. The molecule has 0 spiro atoms. The molecule has 78 valence electrons. The van der Waals surface area contributed by atoms with Crippen molar-refractivity contribution in [3.05, 3.63) is 46.3 Å². The summed E-state index contributed by atoms with van der Waals surface area (Å²) in [5.74, 6) is 0. The van der Waals surface area contributed by atoms with Gasteiger partial charge in [0, 0.05) is 24.2 Å². The van der Waals surface area contributed by atoms with E-state index in [9.17, 15) is 0 Å². The van der Waals surface area contributed by atoms with Crippen molar-refractivity contribution in [2.45, 2.75) is 6.42 Å². The highest BCUT2D eigenvalue weighted by atomic mass is 15.1. The Morgan fingerprint density at radius 3 is 2.73 bits per heavy atom. The Kier molecular flexibility index (Phi) is 4.84. The summed E-state index contributed by atoms with van der Waals surface area (Å²) < 4.78 is 0. The summed E-state index contributed by atoms with van der Waals surface area (Å²) in [6.45, 7) is 0.515. The van der Waals surface area contributed by atoms with E-state index in [1.165, 1.54) is 0 Å². The highest BCUT2D eigenvalue weighted by Gasteiger charge is 1.87. The second kappa shape index (κ2) is 6.51. The molecule has 0 aliphatic heterocycles. The molecule has 0 radical (unpaired) electrons. The fourth-order valence-corrected chi connectivity index (χ4v) is 1.16. The Balaban J connectivity index is 2.46. The van der Waals surface area contributed by atoms with E-state index in [1.54, 1.807) is 0 Å². The van der Waals surface area contributed by atoms with Crippen molar-refractivity contribution >= 4 is 11.8 Å². The third-order valence-electron chi connectivity index (χ3n) is 1.97. The maximum Gasteiger partial charge on any atom is 0.0337 e. The Hall–Kier alpha value is -1.93. The van der Waals surface area contributed by atoms with Gasteiger partial charge in [0.15, 0.2) is 0 Å². The molecule has 0 saturated heterocycles. The summed E-state index contributed by atoms with van der Waals surface area (Å²) in [7, 11) is 1.89. The highest BCUT2D eigenvalue weighted by Crippen LogP contribution is 2.09. The molecule has 15 heavy (non-hydrogen) atoms. The lowest BCUT2D eigenvalue weighted by Gasteiger charge is -1.99. The van der Waals surface area contributed by atoms with Gasteiger partial charge in [-0.1, -0.05) is 29.4 Å². The van der Waals surface area contributed by atoms with Gasteiger partial charge >= 0.3 is 0 Å². The van der Waals surface area contributed by atoms with E-state index in [0.29, 0.717) is 6.54 Å². The van der Waals surface area contributed by atoms with Gasteiger partial charge < -0.3 is 5.32 Å². The van der Waals surface area contributed by atoms with E-state index < -0.39 is 0 Å². The van der Waals surface area contributed by atoms with Crippen LogP contribution in [0.2, 0.25) is 0 Å². The molecule has 4 nitrogen and oxygen atoms in total. The van der Waals surface area contributed by atoms with Gasteiger partial charge in [0.1, 0.15) is 0 Å². The second-order valence-electron chi connectivity index (χ2n) is 3.02. The first kappa shape index (κ1) is 11.1. The third kappa shape index (κ3) is 4.20. The van der Waals surface area contributed by atoms with Crippen LogP contribution in [0.3, 0.4) is 0 Å². The number of rotatable bonds is 5. The molecule has 0 aromatic heterocycles. The highest BCUT2D eigenvalue weighted by molar-refractivity contribution is 5.54. The standard InChI is InChI=1S/C11H14N4/c1-13-11-7-5-10(6-8-11)4-2-3-9-14-15-12/h2,4-8,13H,3,9H2,1H3. The Labute approximate surface area is 89.3 Å². The predicted molar refractivity (Wildman–Crippen MR) is 63.7 cm³/mol. The van der Waals surface area contributed by atoms with Crippen molar-refractivity contribution in [2.75, 3.05) is 18.9 Å². The summed E-state index contributed by atoms with van der Waals surface area (Å²) in [5, 5.41) is 6.51. The summed E-state index contributed by atoms with van der Waals surface area (Å²) in [4.78, 5) is 2.69. The number of hydrogen-bond donors (Lipinski definition) is 1. The van der Waals surface area contributed by atoms with Crippen molar-refractivity contribution < 1.29 is 0 Å². The van der Waals surface area contributed by atoms with Crippen LogP contribution in [0.4, 0.5) is 5.69 Å². The van der Waals surface area contributed by atoms with Gasteiger partial charge in [-0.05, 0) is 29.6 Å². The monoisotopic (exact) mass is 202 g/mol. The molecule has 0 bridgehead atoms. The molecule has 1 aromatic rings. The van der Waals surface area contributed by atoms with Gasteiger partial charge in [-0.2, -0.15) is 0 Å². The number of benzene rings is 1. The van der Waals surface area contributed by atoms with Crippen molar-refractivity contribution in [1.82, 2.24) is 0 Å². The van der Waals surface area contributed by atoms with Crippen LogP contribution < -0.4 is 5.32 Å². The zero-order chi connectivity index (χ0) is 10.9. The minimum atomic E-state index is 0.515. The van der Waals surface area contributed by atoms with Crippen LogP contribution in [-0.2, 0) is 0 Å². The van der Waals surface area contributed by atoms with Crippen LogP contribution in [0.5, 0.6) is 0 Å². The third-order valence-corrected chi connectivity index (χ3v) is 1.97. The molecule has 0 atom stereocenters. The van der Waals surface area contributed by atoms with E-state index in [4.69, 9.17) is 5.53 Å². The van der Waals surface area contributed by atoms with E-state index in [2.05, 4.69) is 15.3 Å². The summed E-state index contributed by atoms with van der Waals surface area (Å²) in [6.07, 6.45) is 4.80. The molecular weight excluding hydrogens is 188 g/mol. The van der Waals surface area contributed by atoms with Crippen molar-refractivity contribution in [2.24, 2.45) is 5.11 Å². The average Bonchev–Trinajstić information content (AvgIpc) is 2.30. The molecule has 1 aromatic carbocycles. The van der Waals surface area contributed by atoms with Crippen LogP contribution in [0.1, 0.15) is 12.0 Å². The van der Waals surface area contributed by atoms with Crippen LogP contribution >= 0.6 is 0 Å². The molecular formula is C11H14N4. The minimum absolute atomic E-state index is 0.515. The van der Waals surface area contributed by atoms with E-state index >= 15 is 0 Å². The molecule has 0 amide bonds. The fraction of sp³-hybridized carbons (Fsp3) is 0.273. The first-order chi connectivity index (χ1) is 7.36. The number of azide groups is 1. The van der Waals surface area contributed by atoms with Gasteiger partial charge in [-0.15, -0.1) is 0 Å². The minimum Gasteiger partial charge on any atom is -0.388 e. The van der Waals surface area contributed by atoms with Gasteiger partial charge in [0.05, 0.1) is 0 Å². The molecule has 0 heterocycles. The fourth-order valence-electron chi connectivity index (χ4n) is 1.16. The van der Waals surface area contributed by atoms with Crippen LogP contribution in [0.25, 0.3) is 16.5 Å². The zero-order valence-electron chi connectivity index (χ0n) is 8.72. The molecule has 0 aliphatic rings. The lowest BCUT2D eigenvalue weighted by Crippen LogP contribution is -1.86. The van der Waals surface area contributed by atoms with E-state index in [0.717, 1.165) is 17.7 Å². The first-order valence-corrected chi connectivity index (χ1v) is 4.82. The Morgan fingerprint density at radius 2 is 2.13 bits per heavy atom. The second-order valence-corrected chi connectivity index (χ2v) is 3.02. The van der Waals surface area contributed by atoms with Gasteiger partial charge in [0.2, 0.25) is 0 Å². The van der Waals surface area contributed by atoms with Gasteiger partial charge in [0.25, 0.3) is 0 Å². The Bertz CT molecular complexity index is 361. The van der Waals surface area contributed by atoms with E-state index in [-0.39, 0.29) is 0 Å². The molecule has 0 aliphatic carbocycles. The average molecular weight is 202 g/mol. The van der Waals surface area contributed by atoms with Crippen LogP contribution in [0, 0.1) is 0 Å². The van der Waals surface area contributed by atoms with E-state index in [1.807, 2.05) is 43.5 Å². The molecule has 0 saturated carbocycles. The number of hydrogen-bond acceptors (Lipinski definition) is 2. The van der Waals surface area contributed by atoms with Crippen LogP contribution in [-0.4, -0.2) is 13.6 Å². The largest absolute Gasteiger partial charge is 0.388 e. The summed E-state index contributed by atoms with van der Waals surface area (Å²) in [5.41, 5.74) is 10.3. The number of nitrogens with zero attached hydrogens (tertiary/aromatic N) is 3. The maximum absolute atomic E-state index is 8.07. The topological polar surface area (TPSA) is 60.8 Å². The normalized spacial score (nSPS) is 9.93. The predicted octanol–water partition coefficient (Wildman–Crippen LogP) is 3.44. The SMILES string of the molecule is CNc1ccc(C=CCCN=[N+]=[N-])cc1. The zero-order valence-corrected chi connectivity index (χ0v) is 8.72. The van der Waals surface area contributed by atoms with Gasteiger partial charge in [-0.25, -0.2) is 0 Å². The quantitative estimate of drug-likeness (QED) is 0.338. The molecule has 1 N–H and O–H groups in total. The lowest BCUT2D eigenvalue weighted by atomic mass is 10.2. The molecule has 1 rings (SSSR count). The van der Waals surface area contributed by atoms with Crippen molar-refractivity contribution in [3.63, 3.8) is 0 Å². The number of anilines is 1. The van der Waals surface area contributed by atoms with Crippen LogP contribution in [0.15, 0.2) is 35.5 Å². The van der Waals surface area contributed by atoms with Crippen molar-refractivity contribution in [1.29, 1.82) is 0 Å². The smallest absolute Gasteiger partial charge is 0.0337 e.